The van der Waals surface area contributed by atoms with Crippen molar-refractivity contribution in [1.82, 2.24) is 0 Å². The maximum Gasteiger partial charge on any atom is 0.330 e. The molecule has 0 atom stereocenters. The molecule has 0 bridgehead atoms. The summed E-state index contributed by atoms with van der Waals surface area (Å²) in [7, 11) is 0. The van der Waals surface area contributed by atoms with Gasteiger partial charge in [-0.2, -0.15) is 0 Å². The zero-order chi connectivity index (χ0) is 11.8. The van der Waals surface area contributed by atoms with E-state index in [2.05, 4.69) is 0 Å². The highest BCUT2D eigenvalue weighted by Gasteiger charge is 1.95. The molecule has 0 aliphatic carbocycles. The molecule has 1 aromatic rings. The molecule has 16 heavy (non-hydrogen) atoms. The largest absolute Gasteiger partial charge is 0.494 e. The van der Waals surface area contributed by atoms with Crippen molar-refractivity contribution in [2.75, 3.05) is 13.2 Å². The van der Waals surface area contributed by atoms with E-state index in [0.29, 0.717) is 13.2 Å². The van der Waals surface area contributed by atoms with Gasteiger partial charge in [-0.05, 0) is 37.6 Å². The zero-order valence-corrected chi connectivity index (χ0v) is 9.60. The summed E-state index contributed by atoms with van der Waals surface area (Å²) in [6.45, 7) is 4.73. The van der Waals surface area contributed by atoms with Crippen LogP contribution in [-0.2, 0) is 9.53 Å². The van der Waals surface area contributed by atoms with Gasteiger partial charge in [-0.1, -0.05) is 12.1 Å². The molecule has 0 saturated carbocycles. The monoisotopic (exact) mass is 220 g/mol. The Hall–Kier alpha value is -1.77. The predicted molar refractivity (Wildman–Crippen MR) is 63.3 cm³/mol. The van der Waals surface area contributed by atoms with Crippen LogP contribution in [0.3, 0.4) is 0 Å². The van der Waals surface area contributed by atoms with Gasteiger partial charge in [0.25, 0.3) is 0 Å². The molecule has 0 fully saturated rings. The number of ether oxygens (including phenoxy) is 2. The lowest BCUT2D eigenvalue weighted by molar-refractivity contribution is -0.137. The van der Waals surface area contributed by atoms with E-state index >= 15 is 0 Å². The molecule has 0 aromatic heterocycles. The minimum atomic E-state index is -0.329. The minimum Gasteiger partial charge on any atom is -0.494 e. The van der Waals surface area contributed by atoms with Crippen LogP contribution in [0.25, 0.3) is 6.08 Å². The molecule has 1 rings (SSSR count). The van der Waals surface area contributed by atoms with E-state index in [4.69, 9.17) is 9.47 Å². The van der Waals surface area contributed by atoms with Crippen LogP contribution in [-0.4, -0.2) is 19.2 Å². The fraction of sp³-hybridized carbons (Fsp3) is 0.308. The Bertz CT molecular complexity index is 369. The number of carbonyl (C=O) groups excluding carboxylic acids is 1. The van der Waals surface area contributed by atoms with Crippen LogP contribution in [0.4, 0.5) is 0 Å². The van der Waals surface area contributed by atoms with Crippen molar-refractivity contribution < 1.29 is 14.3 Å². The normalized spacial score (nSPS) is 10.4. The predicted octanol–water partition coefficient (Wildman–Crippen LogP) is 2.66. The Morgan fingerprint density at radius 2 is 2.12 bits per heavy atom. The van der Waals surface area contributed by atoms with Crippen LogP contribution in [0.15, 0.2) is 30.3 Å². The second-order valence-electron chi connectivity index (χ2n) is 3.09. The average Bonchev–Trinajstić information content (AvgIpc) is 2.28. The van der Waals surface area contributed by atoms with Crippen molar-refractivity contribution in [3.8, 4) is 5.75 Å². The van der Waals surface area contributed by atoms with E-state index < -0.39 is 0 Å². The number of benzene rings is 1. The molecule has 0 saturated heterocycles. The van der Waals surface area contributed by atoms with Gasteiger partial charge >= 0.3 is 5.97 Å². The quantitative estimate of drug-likeness (QED) is 0.565. The van der Waals surface area contributed by atoms with E-state index in [-0.39, 0.29) is 5.97 Å². The summed E-state index contributed by atoms with van der Waals surface area (Å²) in [5.74, 6) is 0.470. The Morgan fingerprint density at radius 1 is 1.31 bits per heavy atom. The van der Waals surface area contributed by atoms with Crippen molar-refractivity contribution in [3.63, 3.8) is 0 Å². The number of esters is 1. The fourth-order valence-electron chi connectivity index (χ4n) is 1.23. The minimum absolute atomic E-state index is 0.329. The van der Waals surface area contributed by atoms with Gasteiger partial charge in [0.15, 0.2) is 0 Å². The van der Waals surface area contributed by atoms with Crippen molar-refractivity contribution in [1.29, 1.82) is 0 Å². The Labute approximate surface area is 95.7 Å². The lowest BCUT2D eigenvalue weighted by Crippen LogP contribution is -1.98. The average molecular weight is 220 g/mol. The third-order valence-corrected chi connectivity index (χ3v) is 1.87. The summed E-state index contributed by atoms with van der Waals surface area (Å²) < 4.78 is 10.1. The van der Waals surface area contributed by atoms with Crippen LogP contribution in [0, 0.1) is 0 Å². The van der Waals surface area contributed by atoms with E-state index in [0.717, 1.165) is 11.3 Å². The first kappa shape index (κ1) is 12.3. The van der Waals surface area contributed by atoms with E-state index in [1.807, 2.05) is 31.2 Å². The third-order valence-electron chi connectivity index (χ3n) is 1.87. The van der Waals surface area contributed by atoms with E-state index in [9.17, 15) is 4.79 Å². The molecule has 0 aliphatic heterocycles. The van der Waals surface area contributed by atoms with Crippen molar-refractivity contribution in [2.24, 2.45) is 0 Å². The van der Waals surface area contributed by atoms with Crippen molar-refractivity contribution in [2.45, 2.75) is 13.8 Å². The topological polar surface area (TPSA) is 35.5 Å². The number of hydrogen-bond donors (Lipinski definition) is 0. The van der Waals surface area contributed by atoms with Gasteiger partial charge in [-0.3, -0.25) is 0 Å². The standard InChI is InChI=1S/C13H16O3/c1-3-15-12-7-5-6-11(10-12)8-9-13(14)16-4-2/h5-10H,3-4H2,1-2H3. The second kappa shape index (κ2) is 6.67. The Morgan fingerprint density at radius 3 is 2.81 bits per heavy atom. The lowest BCUT2D eigenvalue weighted by Gasteiger charge is -2.02. The smallest absolute Gasteiger partial charge is 0.330 e. The van der Waals surface area contributed by atoms with Crippen LogP contribution in [0.2, 0.25) is 0 Å². The van der Waals surface area contributed by atoms with Crippen LogP contribution < -0.4 is 4.74 Å². The van der Waals surface area contributed by atoms with Gasteiger partial charge < -0.3 is 9.47 Å². The highest BCUT2D eigenvalue weighted by Crippen LogP contribution is 2.14. The van der Waals surface area contributed by atoms with Crippen molar-refractivity contribution in [3.05, 3.63) is 35.9 Å². The molecule has 0 N–H and O–H groups in total. The van der Waals surface area contributed by atoms with Gasteiger partial charge in [0.05, 0.1) is 13.2 Å². The first-order valence-electron chi connectivity index (χ1n) is 5.34. The Kier molecular flexibility index (Phi) is 5.12. The number of hydrogen-bond acceptors (Lipinski definition) is 3. The van der Waals surface area contributed by atoms with Gasteiger partial charge in [0, 0.05) is 6.08 Å². The maximum atomic E-state index is 11.1. The summed E-state index contributed by atoms with van der Waals surface area (Å²) in [4.78, 5) is 11.1. The molecule has 0 heterocycles. The van der Waals surface area contributed by atoms with E-state index in [1.54, 1.807) is 13.0 Å². The SMILES string of the molecule is CCOC(=O)C=Cc1cccc(OCC)c1. The van der Waals surface area contributed by atoms with Crippen LogP contribution in [0.5, 0.6) is 5.75 Å². The van der Waals surface area contributed by atoms with Gasteiger partial charge in [0.2, 0.25) is 0 Å². The summed E-state index contributed by atoms with van der Waals surface area (Å²) in [6.07, 6.45) is 3.12. The molecule has 0 amide bonds. The van der Waals surface area contributed by atoms with Gasteiger partial charge in [0.1, 0.15) is 5.75 Å². The first-order valence-corrected chi connectivity index (χ1v) is 5.34. The molecule has 0 radical (unpaired) electrons. The molecule has 0 aliphatic rings. The summed E-state index contributed by atoms with van der Waals surface area (Å²) in [5.41, 5.74) is 0.916. The second-order valence-corrected chi connectivity index (χ2v) is 3.09. The zero-order valence-electron chi connectivity index (χ0n) is 9.60. The molecule has 0 spiro atoms. The lowest BCUT2D eigenvalue weighted by atomic mass is 10.2. The molecule has 3 nitrogen and oxygen atoms in total. The highest BCUT2D eigenvalue weighted by atomic mass is 16.5. The molecular formula is C13H16O3. The van der Waals surface area contributed by atoms with Gasteiger partial charge in [-0.15, -0.1) is 0 Å². The summed E-state index contributed by atoms with van der Waals surface area (Å²) in [6, 6.07) is 7.54. The summed E-state index contributed by atoms with van der Waals surface area (Å²) >= 11 is 0. The molecular weight excluding hydrogens is 204 g/mol. The maximum absolute atomic E-state index is 11.1. The molecule has 1 aromatic carbocycles. The van der Waals surface area contributed by atoms with Gasteiger partial charge in [-0.25, -0.2) is 4.79 Å². The molecule has 3 heteroatoms. The first-order chi connectivity index (χ1) is 7.76. The number of rotatable bonds is 5. The molecule has 0 unspecified atom stereocenters. The van der Waals surface area contributed by atoms with E-state index in [1.165, 1.54) is 6.08 Å². The Balaban J connectivity index is 2.66. The highest BCUT2D eigenvalue weighted by molar-refractivity contribution is 5.87. The fourth-order valence-corrected chi connectivity index (χ4v) is 1.23. The van der Waals surface area contributed by atoms with Crippen LogP contribution >= 0.6 is 0 Å². The van der Waals surface area contributed by atoms with Crippen molar-refractivity contribution >= 4 is 12.0 Å². The summed E-state index contributed by atoms with van der Waals surface area (Å²) in [5, 5.41) is 0. The number of carbonyl (C=O) groups is 1. The molecule has 86 valence electrons. The third kappa shape index (κ3) is 4.17. The van der Waals surface area contributed by atoms with Crippen LogP contribution in [0.1, 0.15) is 19.4 Å².